The SMILES string of the molecule is CC(C)([C@H](C#N)C(N)=O)[C@H](C(N)=O)c1nc(-c2ccc(Cl)cc2)cs1. The minimum absolute atomic E-state index is 0.434. The summed E-state index contributed by atoms with van der Waals surface area (Å²) in [5.41, 5.74) is 11.3. The molecule has 130 valence electrons. The van der Waals surface area contributed by atoms with Gasteiger partial charge in [0.25, 0.3) is 0 Å². The fourth-order valence-electron chi connectivity index (χ4n) is 2.74. The number of nitrogens with zero attached hydrogens (tertiary/aromatic N) is 2. The number of halogens is 1. The van der Waals surface area contributed by atoms with Gasteiger partial charge in [0, 0.05) is 21.4 Å². The minimum atomic E-state index is -1.17. The number of nitrogens with two attached hydrogens (primary N) is 2. The molecular formula is C17H17ClN4O2S. The summed E-state index contributed by atoms with van der Waals surface area (Å²) in [6.07, 6.45) is 0. The summed E-state index contributed by atoms with van der Waals surface area (Å²) in [5.74, 6) is -3.56. The van der Waals surface area contributed by atoms with E-state index in [1.54, 1.807) is 31.4 Å². The summed E-state index contributed by atoms with van der Waals surface area (Å²) in [5, 5.41) is 12.1. The fourth-order valence-corrected chi connectivity index (χ4v) is 4.00. The summed E-state index contributed by atoms with van der Waals surface area (Å²) in [6, 6.07) is 8.98. The van der Waals surface area contributed by atoms with Crippen LogP contribution in [0.2, 0.25) is 5.02 Å². The molecule has 0 saturated carbocycles. The molecular weight excluding hydrogens is 360 g/mol. The molecule has 0 aliphatic carbocycles. The molecule has 6 nitrogen and oxygen atoms in total. The van der Waals surface area contributed by atoms with E-state index in [2.05, 4.69) is 4.98 Å². The number of thiazole rings is 1. The van der Waals surface area contributed by atoms with E-state index in [9.17, 15) is 14.9 Å². The number of amides is 2. The first-order chi connectivity index (χ1) is 11.7. The topological polar surface area (TPSA) is 123 Å². The van der Waals surface area contributed by atoms with Crippen LogP contribution in [0.3, 0.4) is 0 Å². The Morgan fingerprint density at radius 3 is 2.32 bits per heavy atom. The maximum absolute atomic E-state index is 12.1. The average molecular weight is 377 g/mol. The molecule has 2 aromatic rings. The van der Waals surface area contributed by atoms with E-state index in [-0.39, 0.29) is 0 Å². The smallest absolute Gasteiger partial charge is 0.235 e. The lowest BCUT2D eigenvalue weighted by molar-refractivity contribution is -0.127. The zero-order valence-corrected chi connectivity index (χ0v) is 15.3. The van der Waals surface area contributed by atoms with Crippen molar-refractivity contribution in [3.05, 3.63) is 39.7 Å². The Labute approximate surface area is 154 Å². The molecule has 1 aromatic heterocycles. The highest BCUT2D eigenvalue weighted by Gasteiger charge is 2.46. The van der Waals surface area contributed by atoms with Gasteiger partial charge in [0.15, 0.2) is 0 Å². The zero-order chi connectivity index (χ0) is 18.8. The van der Waals surface area contributed by atoms with E-state index < -0.39 is 29.1 Å². The van der Waals surface area contributed by atoms with E-state index >= 15 is 0 Å². The van der Waals surface area contributed by atoms with Crippen LogP contribution in [-0.2, 0) is 9.59 Å². The highest BCUT2D eigenvalue weighted by molar-refractivity contribution is 7.10. The van der Waals surface area contributed by atoms with Gasteiger partial charge in [0.1, 0.15) is 10.9 Å². The first kappa shape index (κ1) is 18.9. The Morgan fingerprint density at radius 2 is 1.84 bits per heavy atom. The van der Waals surface area contributed by atoms with Gasteiger partial charge in [-0.2, -0.15) is 5.26 Å². The monoisotopic (exact) mass is 376 g/mol. The van der Waals surface area contributed by atoms with Gasteiger partial charge in [0.05, 0.1) is 17.7 Å². The quantitative estimate of drug-likeness (QED) is 0.804. The van der Waals surface area contributed by atoms with Crippen molar-refractivity contribution in [2.45, 2.75) is 19.8 Å². The highest BCUT2D eigenvalue weighted by Crippen LogP contribution is 2.43. The van der Waals surface area contributed by atoms with Crippen molar-refractivity contribution in [1.29, 1.82) is 5.26 Å². The molecule has 0 saturated heterocycles. The Kier molecular flexibility index (Phi) is 5.45. The molecule has 0 fully saturated rings. The number of primary amides is 2. The molecule has 4 N–H and O–H groups in total. The molecule has 2 rings (SSSR count). The Morgan fingerprint density at radius 1 is 1.24 bits per heavy atom. The van der Waals surface area contributed by atoms with Crippen LogP contribution in [0.25, 0.3) is 11.3 Å². The van der Waals surface area contributed by atoms with Gasteiger partial charge in [-0.05, 0) is 12.1 Å². The van der Waals surface area contributed by atoms with Gasteiger partial charge in [-0.1, -0.05) is 37.6 Å². The van der Waals surface area contributed by atoms with Crippen molar-refractivity contribution in [2.75, 3.05) is 0 Å². The lowest BCUT2D eigenvalue weighted by Gasteiger charge is -2.33. The number of carbonyl (C=O) groups is 2. The Bertz CT molecular complexity index is 839. The molecule has 1 heterocycles. The van der Waals surface area contributed by atoms with E-state index in [1.165, 1.54) is 11.3 Å². The van der Waals surface area contributed by atoms with E-state index in [0.29, 0.717) is 15.7 Å². The molecule has 2 amide bonds. The van der Waals surface area contributed by atoms with Crippen LogP contribution in [0.5, 0.6) is 0 Å². The van der Waals surface area contributed by atoms with Gasteiger partial charge in [-0.15, -0.1) is 11.3 Å². The molecule has 0 aliphatic rings. The lowest BCUT2D eigenvalue weighted by Crippen LogP contribution is -2.43. The van der Waals surface area contributed by atoms with Crippen LogP contribution in [0.4, 0.5) is 0 Å². The van der Waals surface area contributed by atoms with Gasteiger partial charge in [0.2, 0.25) is 11.8 Å². The van der Waals surface area contributed by atoms with E-state index in [1.807, 2.05) is 18.2 Å². The highest BCUT2D eigenvalue weighted by atomic mass is 35.5. The number of nitriles is 1. The van der Waals surface area contributed by atoms with Crippen molar-refractivity contribution in [1.82, 2.24) is 4.98 Å². The van der Waals surface area contributed by atoms with Gasteiger partial charge < -0.3 is 11.5 Å². The molecule has 2 atom stereocenters. The number of hydrogen-bond acceptors (Lipinski definition) is 5. The van der Waals surface area contributed by atoms with Crippen molar-refractivity contribution < 1.29 is 9.59 Å². The minimum Gasteiger partial charge on any atom is -0.369 e. The Hall–Kier alpha value is -2.43. The van der Waals surface area contributed by atoms with Crippen LogP contribution in [-0.4, -0.2) is 16.8 Å². The fraction of sp³-hybridized carbons (Fsp3) is 0.294. The van der Waals surface area contributed by atoms with E-state index in [0.717, 1.165) is 5.56 Å². The van der Waals surface area contributed by atoms with Crippen LogP contribution in [0.15, 0.2) is 29.6 Å². The second-order valence-corrected chi connectivity index (χ2v) is 7.53. The molecule has 0 unspecified atom stereocenters. The van der Waals surface area contributed by atoms with Gasteiger partial charge >= 0.3 is 0 Å². The molecule has 0 aliphatic heterocycles. The maximum Gasteiger partial charge on any atom is 0.235 e. The third-order valence-electron chi connectivity index (χ3n) is 4.10. The van der Waals surface area contributed by atoms with Crippen LogP contribution in [0, 0.1) is 22.7 Å². The van der Waals surface area contributed by atoms with Crippen LogP contribution < -0.4 is 11.5 Å². The average Bonchev–Trinajstić information content (AvgIpc) is 2.96. The number of aromatic nitrogens is 1. The number of hydrogen-bond donors (Lipinski definition) is 2. The zero-order valence-electron chi connectivity index (χ0n) is 13.7. The standard InChI is InChI=1S/C17H17ClN4O2S/c1-17(2,11(7-19)14(20)23)13(15(21)24)16-22-12(8-25-16)9-3-5-10(18)6-4-9/h3-6,8,11,13H,1-2H3,(H2,20,23)(H2,21,24)/t11-,13-/m1/s1. The van der Waals surface area contributed by atoms with Gasteiger partial charge in [-0.3, -0.25) is 9.59 Å². The summed E-state index contributed by atoms with van der Waals surface area (Å²) < 4.78 is 0. The number of rotatable bonds is 6. The first-order valence-electron chi connectivity index (χ1n) is 7.38. The largest absolute Gasteiger partial charge is 0.369 e. The second kappa shape index (κ2) is 7.21. The molecule has 0 bridgehead atoms. The summed E-state index contributed by atoms with van der Waals surface area (Å²) >= 11 is 7.13. The lowest BCUT2D eigenvalue weighted by atomic mass is 9.69. The predicted molar refractivity (Wildman–Crippen MR) is 96.6 cm³/mol. The third-order valence-corrected chi connectivity index (χ3v) is 5.26. The predicted octanol–water partition coefficient (Wildman–Crippen LogP) is 2.68. The van der Waals surface area contributed by atoms with Crippen LogP contribution in [0.1, 0.15) is 24.8 Å². The van der Waals surface area contributed by atoms with Crippen molar-refractivity contribution in [2.24, 2.45) is 22.8 Å². The van der Waals surface area contributed by atoms with Crippen LogP contribution >= 0.6 is 22.9 Å². The van der Waals surface area contributed by atoms with Crippen molar-refractivity contribution in [3.8, 4) is 17.3 Å². The number of benzene rings is 1. The Balaban J connectivity index is 2.45. The van der Waals surface area contributed by atoms with Crippen molar-refractivity contribution in [3.63, 3.8) is 0 Å². The van der Waals surface area contributed by atoms with Gasteiger partial charge in [-0.25, -0.2) is 4.98 Å². The molecule has 1 aromatic carbocycles. The molecule has 25 heavy (non-hydrogen) atoms. The molecule has 8 heteroatoms. The summed E-state index contributed by atoms with van der Waals surface area (Å²) in [4.78, 5) is 28.2. The third kappa shape index (κ3) is 3.81. The van der Waals surface area contributed by atoms with E-state index in [4.69, 9.17) is 23.1 Å². The second-order valence-electron chi connectivity index (χ2n) is 6.20. The summed E-state index contributed by atoms with van der Waals surface area (Å²) in [6.45, 7) is 3.23. The molecule has 0 radical (unpaired) electrons. The maximum atomic E-state index is 12.1. The van der Waals surface area contributed by atoms with Crippen molar-refractivity contribution >= 4 is 34.8 Å². The first-order valence-corrected chi connectivity index (χ1v) is 8.63. The molecule has 0 spiro atoms. The number of carbonyl (C=O) groups excluding carboxylic acids is 2. The normalized spacial score (nSPS) is 13.7. The summed E-state index contributed by atoms with van der Waals surface area (Å²) in [7, 11) is 0.